The van der Waals surface area contributed by atoms with Crippen molar-refractivity contribution in [3.8, 4) is 6.07 Å². The van der Waals surface area contributed by atoms with Crippen molar-refractivity contribution >= 4 is 16.5 Å². The number of rotatable bonds is 4. The van der Waals surface area contributed by atoms with Crippen molar-refractivity contribution in [2.75, 3.05) is 38.6 Å². The number of thiazole rings is 1. The standard InChI is InChI=1S/C12H18N4S/c1-15-5-3-10(9-15)4-6-16(2)12-14-8-11(7-13)17-12/h8,10H,3-6,9H2,1-2H3. The molecule has 0 aliphatic carbocycles. The maximum absolute atomic E-state index is 8.76. The molecule has 0 spiro atoms. The predicted octanol–water partition coefficient (Wildman–Crippen LogP) is 1.79. The number of likely N-dealkylation sites (tertiary alicyclic amines) is 1. The summed E-state index contributed by atoms with van der Waals surface area (Å²) in [6.45, 7) is 3.47. The lowest BCUT2D eigenvalue weighted by molar-refractivity contribution is 0.389. The minimum atomic E-state index is 0.687. The third-order valence-corrected chi connectivity index (χ3v) is 4.31. The second-order valence-electron chi connectivity index (χ2n) is 4.75. The van der Waals surface area contributed by atoms with Gasteiger partial charge in [0.2, 0.25) is 0 Å². The molecule has 1 atom stereocenters. The van der Waals surface area contributed by atoms with Crippen molar-refractivity contribution < 1.29 is 0 Å². The Kier molecular flexibility index (Phi) is 3.97. The van der Waals surface area contributed by atoms with Crippen molar-refractivity contribution in [2.45, 2.75) is 12.8 Å². The first-order valence-electron chi connectivity index (χ1n) is 5.94. The van der Waals surface area contributed by atoms with Crippen LogP contribution in [0.25, 0.3) is 0 Å². The zero-order valence-corrected chi connectivity index (χ0v) is 11.2. The molecule has 92 valence electrons. The maximum Gasteiger partial charge on any atom is 0.186 e. The van der Waals surface area contributed by atoms with Gasteiger partial charge < -0.3 is 9.80 Å². The first-order chi connectivity index (χ1) is 8.19. The summed E-state index contributed by atoms with van der Waals surface area (Å²) >= 11 is 1.47. The molecule has 4 nitrogen and oxygen atoms in total. The third-order valence-electron chi connectivity index (χ3n) is 3.29. The molecule has 0 saturated carbocycles. The van der Waals surface area contributed by atoms with Gasteiger partial charge in [0.05, 0.1) is 6.20 Å². The van der Waals surface area contributed by atoms with E-state index >= 15 is 0 Å². The second kappa shape index (κ2) is 5.48. The van der Waals surface area contributed by atoms with Gasteiger partial charge in [-0.25, -0.2) is 4.98 Å². The van der Waals surface area contributed by atoms with Crippen molar-refractivity contribution in [1.29, 1.82) is 5.26 Å². The molecule has 1 aliphatic heterocycles. The Morgan fingerprint density at radius 1 is 1.71 bits per heavy atom. The van der Waals surface area contributed by atoms with Crippen LogP contribution in [0.3, 0.4) is 0 Å². The Hall–Kier alpha value is -1.12. The summed E-state index contributed by atoms with van der Waals surface area (Å²) in [7, 11) is 4.24. The van der Waals surface area contributed by atoms with Gasteiger partial charge >= 0.3 is 0 Å². The van der Waals surface area contributed by atoms with Crippen LogP contribution in [-0.2, 0) is 0 Å². The monoisotopic (exact) mass is 250 g/mol. The van der Waals surface area contributed by atoms with E-state index in [0.717, 1.165) is 17.6 Å². The zero-order chi connectivity index (χ0) is 12.3. The molecule has 2 rings (SSSR count). The number of nitrogens with zero attached hydrogens (tertiary/aromatic N) is 4. The summed E-state index contributed by atoms with van der Waals surface area (Å²) in [5, 5.41) is 9.71. The van der Waals surface area contributed by atoms with Crippen LogP contribution in [-0.4, -0.2) is 43.6 Å². The summed E-state index contributed by atoms with van der Waals surface area (Å²) in [6, 6.07) is 2.13. The molecule has 0 aromatic carbocycles. The van der Waals surface area contributed by atoms with Gasteiger partial charge in [0.15, 0.2) is 5.13 Å². The first-order valence-corrected chi connectivity index (χ1v) is 6.76. The zero-order valence-electron chi connectivity index (χ0n) is 10.4. The lowest BCUT2D eigenvalue weighted by Gasteiger charge is -2.18. The smallest absolute Gasteiger partial charge is 0.186 e. The van der Waals surface area contributed by atoms with E-state index in [1.165, 1.54) is 37.3 Å². The predicted molar refractivity (Wildman–Crippen MR) is 70.3 cm³/mol. The van der Waals surface area contributed by atoms with Crippen LogP contribution in [0.5, 0.6) is 0 Å². The van der Waals surface area contributed by atoms with E-state index < -0.39 is 0 Å². The van der Waals surface area contributed by atoms with Crippen molar-refractivity contribution in [2.24, 2.45) is 5.92 Å². The molecule has 2 heterocycles. The highest BCUT2D eigenvalue weighted by atomic mass is 32.1. The summed E-state index contributed by atoms with van der Waals surface area (Å²) in [5.41, 5.74) is 0. The average Bonchev–Trinajstić information content (AvgIpc) is 2.94. The minimum Gasteiger partial charge on any atom is -0.351 e. The van der Waals surface area contributed by atoms with Crippen LogP contribution in [0.1, 0.15) is 17.7 Å². The van der Waals surface area contributed by atoms with E-state index in [1.54, 1.807) is 6.20 Å². The van der Waals surface area contributed by atoms with E-state index in [4.69, 9.17) is 5.26 Å². The normalized spacial score (nSPS) is 20.4. The molecular weight excluding hydrogens is 232 g/mol. The van der Waals surface area contributed by atoms with Crippen LogP contribution in [0.15, 0.2) is 6.20 Å². The highest BCUT2D eigenvalue weighted by Crippen LogP contribution is 2.23. The quantitative estimate of drug-likeness (QED) is 0.817. The second-order valence-corrected chi connectivity index (χ2v) is 5.76. The van der Waals surface area contributed by atoms with Crippen molar-refractivity contribution in [3.63, 3.8) is 0 Å². The van der Waals surface area contributed by atoms with Crippen molar-refractivity contribution in [1.82, 2.24) is 9.88 Å². The van der Waals surface area contributed by atoms with Crippen LogP contribution in [0.2, 0.25) is 0 Å². The molecule has 0 N–H and O–H groups in total. The van der Waals surface area contributed by atoms with Gasteiger partial charge in [-0.2, -0.15) is 5.26 Å². The number of hydrogen-bond acceptors (Lipinski definition) is 5. The number of aromatic nitrogens is 1. The van der Waals surface area contributed by atoms with Crippen LogP contribution in [0, 0.1) is 17.2 Å². The molecular formula is C12H18N4S. The summed E-state index contributed by atoms with van der Waals surface area (Å²) in [6.07, 6.45) is 4.17. The summed E-state index contributed by atoms with van der Waals surface area (Å²) in [5.74, 6) is 0.817. The molecule has 0 radical (unpaired) electrons. The minimum absolute atomic E-state index is 0.687. The van der Waals surface area contributed by atoms with E-state index in [1.807, 2.05) is 0 Å². The number of hydrogen-bond donors (Lipinski definition) is 0. The van der Waals surface area contributed by atoms with Gasteiger partial charge in [0.1, 0.15) is 10.9 Å². The van der Waals surface area contributed by atoms with E-state index in [-0.39, 0.29) is 0 Å². The van der Waals surface area contributed by atoms with Gasteiger partial charge in [0, 0.05) is 20.1 Å². The number of anilines is 1. The molecule has 0 amide bonds. The van der Waals surface area contributed by atoms with E-state index in [2.05, 4.69) is 34.9 Å². The van der Waals surface area contributed by atoms with Crippen LogP contribution in [0.4, 0.5) is 5.13 Å². The Bertz CT molecular complexity index is 409. The average molecular weight is 250 g/mol. The first kappa shape index (κ1) is 12.3. The number of nitriles is 1. The lowest BCUT2D eigenvalue weighted by Crippen LogP contribution is -2.22. The van der Waals surface area contributed by atoms with E-state index in [0.29, 0.717) is 4.88 Å². The van der Waals surface area contributed by atoms with Gasteiger partial charge in [-0.05, 0) is 32.4 Å². The van der Waals surface area contributed by atoms with E-state index in [9.17, 15) is 0 Å². The molecule has 0 bridgehead atoms. The third kappa shape index (κ3) is 3.18. The Morgan fingerprint density at radius 3 is 3.12 bits per heavy atom. The largest absolute Gasteiger partial charge is 0.351 e. The molecule has 1 unspecified atom stereocenters. The molecule has 1 saturated heterocycles. The molecule has 1 aromatic heterocycles. The van der Waals surface area contributed by atoms with Gasteiger partial charge in [0.25, 0.3) is 0 Å². The highest BCUT2D eigenvalue weighted by molar-refractivity contribution is 7.16. The summed E-state index contributed by atoms with van der Waals surface area (Å²) < 4.78 is 0. The molecule has 5 heteroatoms. The Balaban J connectivity index is 1.81. The van der Waals surface area contributed by atoms with Gasteiger partial charge in [-0.1, -0.05) is 11.3 Å². The molecule has 1 aromatic rings. The molecule has 1 fully saturated rings. The summed E-state index contributed by atoms with van der Waals surface area (Å²) in [4.78, 5) is 9.49. The van der Waals surface area contributed by atoms with Crippen molar-refractivity contribution in [3.05, 3.63) is 11.1 Å². The maximum atomic E-state index is 8.76. The topological polar surface area (TPSA) is 43.2 Å². The van der Waals surface area contributed by atoms with Gasteiger partial charge in [-0.15, -0.1) is 0 Å². The Labute approximate surface area is 106 Å². The molecule has 1 aliphatic rings. The highest BCUT2D eigenvalue weighted by Gasteiger charge is 2.19. The fourth-order valence-electron chi connectivity index (χ4n) is 2.23. The fourth-order valence-corrected chi connectivity index (χ4v) is 2.93. The van der Waals surface area contributed by atoms with Crippen LogP contribution >= 0.6 is 11.3 Å². The lowest BCUT2D eigenvalue weighted by atomic mass is 10.1. The molecule has 17 heavy (non-hydrogen) atoms. The Morgan fingerprint density at radius 2 is 2.53 bits per heavy atom. The fraction of sp³-hybridized carbons (Fsp3) is 0.667. The SMILES string of the molecule is CN1CCC(CCN(C)c2ncc(C#N)s2)C1. The van der Waals surface area contributed by atoms with Crippen LogP contribution < -0.4 is 4.90 Å². The van der Waals surface area contributed by atoms with Gasteiger partial charge in [-0.3, -0.25) is 0 Å².